The minimum Gasteiger partial charge on any atom is -0.492 e. The highest BCUT2D eigenvalue weighted by molar-refractivity contribution is 9.10. The molecule has 3 aliphatic rings. The fourth-order valence-corrected chi connectivity index (χ4v) is 5.58. The molecule has 0 saturated heterocycles. The molecule has 1 N–H and O–H groups in total. The Morgan fingerprint density at radius 2 is 1.82 bits per heavy atom. The number of allylic oxidation sites excluding steroid dienone is 1. The van der Waals surface area contributed by atoms with Gasteiger partial charge in [0.25, 0.3) is 0 Å². The quantitative estimate of drug-likeness (QED) is 0.300. The maximum absolute atomic E-state index is 13.8. The van der Waals surface area contributed by atoms with Gasteiger partial charge in [0.15, 0.2) is 23.0 Å². The Bertz CT molecular complexity index is 1600. The Hall–Kier alpha value is -4.44. The van der Waals surface area contributed by atoms with E-state index in [0.29, 0.717) is 58.7 Å². The Morgan fingerprint density at radius 3 is 2.67 bits per heavy atom. The van der Waals surface area contributed by atoms with Gasteiger partial charge in [0.2, 0.25) is 31.0 Å². The summed E-state index contributed by atoms with van der Waals surface area (Å²) in [4.78, 5) is 28.3. The van der Waals surface area contributed by atoms with Gasteiger partial charge in [0.05, 0.1) is 17.3 Å². The lowest BCUT2D eigenvalue weighted by Gasteiger charge is -2.20. The van der Waals surface area contributed by atoms with Crippen molar-refractivity contribution in [2.24, 2.45) is 0 Å². The van der Waals surface area contributed by atoms with Crippen molar-refractivity contribution >= 4 is 45.5 Å². The molecule has 3 heterocycles. The van der Waals surface area contributed by atoms with Crippen molar-refractivity contribution < 1.29 is 33.3 Å². The molecule has 0 fully saturated rings. The highest BCUT2D eigenvalue weighted by atomic mass is 79.9. The number of ketones is 1. The van der Waals surface area contributed by atoms with Crippen molar-refractivity contribution in [2.75, 3.05) is 39.6 Å². The molecular formula is C30H25BrN2O7. The first-order chi connectivity index (χ1) is 19.4. The van der Waals surface area contributed by atoms with E-state index in [1.165, 1.54) is 6.08 Å². The van der Waals surface area contributed by atoms with Crippen LogP contribution in [-0.2, 0) is 11.2 Å². The maximum atomic E-state index is 13.8. The van der Waals surface area contributed by atoms with Crippen LogP contribution in [0.3, 0.4) is 0 Å². The number of Topliss-reactive ketones (excluding diaryl/α,β-unsaturated/α-hetero) is 1. The van der Waals surface area contributed by atoms with E-state index < -0.39 is 0 Å². The minimum atomic E-state index is -0.326. The number of methoxy groups -OCH3 is 1. The van der Waals surface area contributed by atoms with Gasteiger partial charge in [-0.2, -0.15) is 0 Å². The van der Waals surface area contributed by atoms with Gasteiger partial charge in [-0.15, -0.1) is 0 Å². The lowest BCUT2D eigenvalue weighted by atomic mass is 10.0. The molecule has 10 heteroatoms. The largest absolute Gasteiger partial charge is 0.492 e. The van der Waals surface area contributed by atoms with E-state index in [0.717, 1.165) is 21.2 Å². The Kier molecular flexibility index (Phi) is 6.85. The van der Waals surface area contributed by atoms with E-state index in [9.17, 15) is 9.59 Å². The number of hydrogen-bond donors (Lipinski definition) is 1. The Labute approximate surface area is 239 Å². The number of ether oxygens (including phenoxy) is 5. The van der Waals surface area contributed by atoms with E-state index in [4.69, 9.17) is 23.7 Å². The van der Waals surface area contributed by atoms with Crippen LogP contribution < -0.4 is 29.0 Å². The Balaban J connectivity index is 1.24. The van der Waals surface area contributed by atoms with Gasteiger partial charge >= 0.3 is 0 Å². The minimum absolute atomic E-state index is 0.104. The third kappa shape index (κ3) is 4.75. The fourth-order valence-electron chi connectivity index (χ4n) is 4.87. The summed E-state index contributed by atoms with van der Waals surface area (Å²) in [6.07, 6.45) is 5.61. The molecule has 0 atom stereocenters. The molecule has 0 saturated carbocycles. The van der Waals surface area contributed by atoms with Crippen LogP contribution >= 0.6 is 15.9 Å². The van der Waals surface area contributed by atoms with Crippen molar-refractivity contribution in [3.63, 3.8) is 0 Å². The highest BCUT2D eigenvalue weighted by Crippen LogP contribution is 2.51. The topological polar surface area (TPSA) is 95.6 Å². The van der Waals surface area contributed by atoms with Gasteiger partial charge in [-0.05, 0) is 69.9 Å². The molecule has 204 valence electrons. The summed E-state index contributed by atoms with van der Waals surface area (Å²) in [5.74, 6) is 2.46. The molecule has 9 nitrogen and oxygen atoms in total. The van der Waals surface area contributed by atoms with Gasteiger partial charge in [-0.3, -0.25) is 9.59 Å². The molecule has 0 unspecified atom stereocenters. The zero-order valence-corrected chi connectivity index (χ0v) is 23.4. The average Bonchev–Trinajstić information content (AvgIpc) is 3.60. The van der Waals surface area contributed by atoms with E-state index in [1.54, 1.807) is 43.5 Å². The number of rotatable bonds is 6. The molecule has 3 aromatic rings. The molecular weight excluding hydrogens is 580 g/mol. The Morgan fingerprint density at radius 1 is 1.02 bits per heavy atom. The number of fused-ring (bicyclic) bond motifs is 3. The normalized spacial score (nSPS) is 15.0. The number of hydrogen-bond acceptors (Lipinski definition) is 8. The molecule has 0 aromatic heterocycles. The first-order valence-corrected chi connectivity index (χ1v) is 13.4. The smallest absolute Gasteiger partial charge is 0.248 e. The van der Waals surface area contributed by atoms with Gasteiger partial charge < -0.3 is 33.9 Å². The van der Waals surface area contributed by atoms with Crippen LogP contribution in [-0.4, -0.2) is 50.9 Å². The van der Waals surface area contributed by atoms with Crippen LogP contribution in [0.2, 0.25) is 0 Å². The van der Waals surface area contributed by atoms with Crippen molar-refractivity contribution in [1.29, 1.82) is 0 Å². The van der Waals surface area contributed by atoms with Crippen LogP contribution in [0.15, 0.2) is 58.7 Å². The molecule has 0 bridgehead atoms. The van der Waals surface area contributed by atoms with Crippen molar-refractivity contribution in [2.45, 2.75) is 6.42 Å². The van der Waals surface area contributed by atoms with E-state index in [-0.39, 0.29) is 25.3 Å². The first-order valence-electron chi connectivity index (χ1n) is 12.6. The summed E-state index contributed by atoms with van der Waals surface area (Å²) < 4.78 is 28.5. The lowest BCUT2D eigenvalue weighted by molar-refractivity contribution is -0.111. The molecule has 0 radical (unpaired) electrons. The van der Waals surface area contributed by atoms with E-state index in [1.807, 2.05) is 30.2 Å². The fraction of sp³-hybridized carbons (Fsp3) is 0.200. The molecule has 3 aromatic carbocycles. The number of amides is 1. The van der Waals surface area contributed by atoms with Crippen LogP contribution in [0.1, 0.15) is 27.0 Å². The summed E-state index contributed by atoms with van der Waals surface area (Å²) in [6.45, 7) is 0.897. The highest BCUT2D eigenvalue weighted by Gasteiger charge is 2.31. The molecule has 3 aliphatic heterocycles. The molecule has 1 amide bonds. The van der Waals surface area contributed by atoms with Gasteiger partial charge in [-0.25, -0.2) is 0 Å². The SMILES string of the molecule is COc1c2c(c(Br)c3c1OCO3)CCN(C)C(C(=O)c1cccc(NC(=O)C=Cc3ccc4c(c3)OCO4)c1)=C2. The molecule has 6 rings (SSSR count). The van der Waals surface area contributed by atoms with Gasteiger partial charge in [0.1, 0.15) is 0 Å². The third-order valence-electron chi connectivity index (χ3n) is 6.90. The number of carbonyl (C=O) groups excluding carboxylic acids is 2. The number of carbonyl (C=O) groups is 2. The van der Waals surface area contributed by atoms with Crippen molar-refractivity contribution in [3.8, 4) is 28.7 Å². The second-order valence-electron chi connectivity index (χ2n) is 9.35. The summed E-state index contributed by atoms with van der Waals surface area (Å²) in [5, 5.41) is 2.83. The summed E-state index contributed by atoms with van der Waals surface area (Å²) in [5.41, 5.74) is 3.99. The number of likely N-dealkylation sites (N-methyl/N-ethyl adjacent to an activating group) is 1. The number of benzene rings is 3. The zero-order chi connectivity index (χ0) is 27.8. The summed E-state index contributed by atoms with van der Waals surface area (Å²) in [6, 6.07) is 12.3. The average molecular weight is 605 g/mol. The molecule has 40 heavy (non-hydrogen) atoms. The zero-order valence-electron chi connectivity index (χ0n) is 21.8. The number of anilines is 1. The monoisotopic (exact) mass is 604 g/mol. The molecule has 0 spiro atoms. The number of nitrogens with zero attached hydrogens (tertiary/aromatic N) is 1. The standard InChI is InChI=1S/C30H25BrN2O7/c1-33-11-10-20-21(28(36-2)30-29(26(20)31)39-16-40-30)14-22(33)27(35)18-4-3-5-19(13-18)32-25(34)9-7-17-6-8-23-24(12-17)38-15-37-23/h3-9,12-14H,10-11,15-16H2,1-2H3,(H,32,34). The second-order valence-corrected chi connectivity index (χ2v) is 10.1. The van der Waals surface area contributed by atoms with Crippen molar-refractivity contribution in [1.82, 2.24) is 4.90 Å². The lowest BCUT2D eigenvalue weighted by Crippen LogP contribution is -2.24. The van der Waals surface area contributed by atoms with Crippen LogP contribution in [0.4, 0.5) is 5.69 Å². The number of nitrogens with one attached hydrogen (secondary N) is 1. The predicted molar refractivity (Wildman–Crippen MR) is 152 cm³/mol. The number of halogens is 1. The first kappa shape index (κ1) is 25.8. The maximum Gasteiger partial charge on any atom is 0.248 e. The van der Waals surface area contributed by atoms with Gasteiger partial charge in [-0.1, -0.05) is 18.2 Å². The third-order valence-corrected chi connectivity index (χ3v) is 7.73. The van der Waals surface area contributed by atoms with Crippen LogP contribution in [0, 0.1) is 0 Å². The second kappa shape index (κ2) is 10.6. The van der Waals surface area contributed by atoms with Gasteiger partial charge in [0, 0.05) is 36.5 Å². The predicted octanol–water partition coefficient (Wildman–Crippen LogP) is 5.28. The van der Waals surface area contributed by atoms with Crippen LogP contribution in [0.5, 0.6) is 28.7 Å². The van der Waals surface area contributed by atoms with Crippen LogP contribution in [0.25, 0.3) is 12.2 Å². The molecule has 0 aliphatic carbocycles. The van der Waals surface area contributed by atoms with E-state index >= 15 is 0 Å². The van der Waals surface area contributed by atoms with Crippen molar-refractivity contribution in [3.05, 3.63) is 81.0 Å². The van der Waals surface area contributed by atoms with E-state index in [2.05, 4.69) is 21.2 Å². The summed E-state index contributed by atoms with van der Waals surface area (Å²) >= 11 is 3.66. The summed E-state index contributed by atoms with van der Waals surface area (Å²) in [7, 11) is 3.45.